The molecule has 0 bridgehead atoms. The van der Waals surface area contributed by atoms with Crippen LogP contribution in [0, 0.1) is 11.8 Å². The SMILES string of the molecule is COC(=O)C#Cc1csnn1. The smallest absolute Gasteiger partial charge is 0.384 e. The molecular formula is C6H4N2O2S. The summed E-state index contributed by atoms with van der Waals surface area (Å²) in [5.74, 6) is 4.14. The third-order valence-corrected chi connectivity index (χ3v) is 1.34. The summed E-state index contributed by atoms with van der Waals surface area (Å²) in [7, 11) is 1.27. The molecule has 0 aliphatic heterocycles. The Kier molecular flexibility index (Phi) is 2.58. The zero-order valence-corrected chi connectivity index (χ0v) is 6.51. The average Bonchev–Trinajstić information content (AvgIpc) is 2.52. The number of carbonyl (C=O) groups is 1. The van der Waals surface area contributed by atoms with Gasteiger partial charge in [-0.2, -0.15) is 0 Å². The standard InChI is InChI=1S/C6H4N2O2S/c1-10-6(9)3-2-5-4-11-8-7-5/h4H,1H3. The van der Waals surface area contributed by atoms with Gasteiger partial charge in [-0.15, -0.1) is 5.10 Å². The predicted molar refractivity (Wildman–Crippen MR) is 38.8 cm³/mol. The van der Waals surface area contributed by atoms with Crippen LogP contribution in [-0.4, -0.2) is 22.7 Å². The van der Waals surface area contributed by atoms with E-state index in [2.05, 4.69) is 26.2 Å². The second-order valence-corrected chi connectivity index (χ2v) is 2.14. The van der Waals surface area contributed by atoms with E-state index in [1.807, 2.05) is 0 Å². The number of rotatable bonds is 0. The van der Waals surface area contributed by atoms with Gasteiger partial charge in [0.25, 0.3) is 0 Å². The number of esters is 1. The first kappa shape index (κ1) is 7.69. The van der Waals surface area contributed by atoms with E-state index < -0.39 is 5.97 Å². The Morgan fingerprint density at radius 3 is 3.18 bits per heavy atom. The lowest BCUT2D eigenvalue weighted by Crippen LogP contribution is -1.94. The minimum absolute atomic E-state index is 0.486. The molecule has 0 amide bonds. The summed E-state index contributed by atoms with van der Waals surface area (Å²) >= 11 is 1.18. The summed E-state index contributed by atoms with van der Waals surface area (Å²) in [4.78, 5) is 10.5. The summed E-state index contributed by atoms with van der Waals surface area (Å²) in [5, 5.41) is 5.26. The van der Waals surface area contributed by atoms with Crippen LogP contribution in [0.4, 0.5) is 0 Å². The van der Waals surface area contributed by atoms with Crippen LogP contribution in [-0.2, 0) is 9.53 Å². The molecule has 0 aliphatic carbocycles. The third kappa shape index (κ3) is 2.35. The van der Waals surface area contributed by atoms with Crippen LogP contribution in [0.1, 0.15) is 5.69 Å². The molecule has 4 nitrogen and oxygen atoms in total. The Balaban J connectivity index is 2.66. The monoisotopic (exact) mass is 168 g/mol. The van der Waals surface area contributed by atoms with Crippen LogP contribution in [0.3, 0.4) is 0 Å². The van der Waals surface area contributed by atoms with Gasteiger partial charge in [-0.3, -0.25) is 0 Å². The fraction of sp³-hybridized carbons (Fsp3) is 0.167. The first-order valence-corrected chi connectivity index (χ1v) is 3.53. The zero-order valence-electron chi connectivity index (χ0n) is 5.70. The molecule has 56 valence electrons. The van der Waals surface area contributed by atoms with E-state index in [0.717, 1.165) is 0 Å². The van der Waals surface area contributed by atoms with Crippen molar-refractivity contribution in [1.82, 2.24) is 9.59 Å². The van der Waals surface area contributed by atoms with Crippen LogP contribution >= 0.6 is 11.5 Å². The van der Waals surface area contributed by atoms with Crippen molar-refractivity contribution in [3.8, 4) is 11.8 Å². The van der Waals surface area contributed by atoms with Gasteiger partial charge < -0.3 is 4.74 Å². The average molecular weight is 168 g/mol. The maximum absolute atomic E-state index is 10.5. The van der Waals surface area contributed by atoms with Gasteiger partial charge in [0, 0.05) is 11.3 Å². The minimum Gasteiger partial charge on any atom is -0.459 e. The Morgan fingerprint density at radius 1 is 1.82 bits per heavy atom. The van der Waals surface area contributed by atoms with Gasteiger partial charge in [0.1, 0.15) is 5.69 Å². The first-order chi connectivity index (χ1) is 5.33. The molecule has 0 spiro atoms. The fourth-order valence-electron chi connectivity index (χ4n) is 0.385. The Morgan fingerprint density at radius 2 is 2.64 bits per heavy atom. The normalized spacial score (nSPS) is 8.09. The molecule has 5 heteroatoms. The molecule has 0 atom stereocenters. The van der Waals surface area contributed by atoms with Crippen LogP contribution in [0.25, 0.3) is 0 Å². The Bertz CT molecular complexity index is 296. The molecule has 1 heterocycles. The maximum atomic E-state index is 10.5. The number of hydrogen-bond acceptors (Lipinski definition) is 5. The van der Waals surface area contributed by atoms with Gasteiger partial charge in [0.2, 0.25) is 0 Å². The highest BCUT2D eigenvalue weighted by Gasteiger charge is 1.91. The molecule has 0 radical (unpaired) electrons. The quantitative estimate of drug-likeness (QED) is 0.406. The Hall–Kier alpha value is -1.41. The van der Waals surface area contributed by atoms with Crippen molar-refractivity contribution < 1.29 is 9.53 Å². The molecule has 0 fully saturated rings. The maximum Gasteiger partial charge on any atom is 0.384 e. The molecule has 11 heavy (non-hydrogen) atoms. The largest absolute Gasteiger partial charge is 0.459 e. The number of hydrogen-bond donors (Lipinski definition) is 0. The van der Waals surface area contributed by atoms with E-state index >= 15 is 0 Å². The lowest BCUT2D eigenvalue weighted by atomic mass is 10.5. The zero-order chi connectivity index (χ0) is 8.10. The number of ether oxygens (including phenoxy) is 1. The van der Waals surface area contributed by atoms with Gasteiger partial charge in [0.05, 0.1) is 7.11 Å². The first-order valence-electron chi connectivity index (χ1n) is 2.70. The molecule has 1 aromatic heterocycles. The molecule has 0 unspecified atom stereocenters. The molecule has 0 N–H and O–H groups in total. The summed E-state index contributed by atoms with van der Waals surface area (Å²) in [6.45, 7) is 0. The number of carbonyl (C=O) groups excluding carboxylic acids is 1. The molecule has 0 aromatic carbocycles. The lowest BCUT2D eigenvalue weighted by Gasteiger charge is -1.82. The molecular weight excluding hydrogens is 164 g/mol. The van der Waals surface area contributed by atoms with Crippen LogP contribution in [0.15, 0.2) is 5.38 Å². The van der Waals surface area contributed by atoms with E-state index in [-0.39, 0.29) is 0 Å². The van der Waals surface area contributed by atoms with Crippen LogP contribution < -0.4 is 0 Å². The van der Waals surface area contributed by atoms with Crippen molar-refractivity contribution in [3.05, 3.63) is 11.1 Å². The highest BCUT2D eigenvalue weighted by Crippen LogP contribution is 1.92. The summed E-state index contributed by atoms with van der Waals surface area (Å²) < 4.78 is 7.85. The van der Waals surface area contributed by atoms with Gasteiger partial charge in [-0.05, 0) is 17.5 Å². The van der Waals surface area contributed by atoms with Crippen molar-refractivity contribution >= 4 is 17.5 Å². The van der Waals surface area contributed by atoms with Gasteiger partial charge in [-0.25, -0.2) is 4.79 Å². The lowest BCUT2D eigenvalue weighted by molar-refractivity contribution is -0.133. The van der Waals surface area contributed by atoms with Crippen molar-refractivity contribution in [2.45, 2.75) is 0 Å². The topological polar surface area (TPSA) is 52.1 Å². The number of aromatic nitrogens is 2. The van der Waals surface area contributed by atoms with Crippen LogP contribution in [0.5, 0.6) is 0 Å². The number of nitrogens with zero attached hydrogens (tertiary/aromatic N) is 2. The van der Waals surface area contributed by atoms with E-state index in [1.165, 1.54) is 18.6 Å². The highest BCUT2D eigenvalue weighted by molar-refractivity contribution is 7.03. The highest BCUT2D eigenvalue weighted by atomic mass is 32.1. The number of methoxy groups -OCH3 is 1. The third-order valence-electron chi connectivity index (χ3n) is 0.838. The van der Waals surface area contributed by atoms with Gasteiger partial charge in [-0.1, -0.05) is 4.49 Å². The van der Waals surface area contributed by atoms with E-state index in [1.54, 1.807) is 5.38 Å². The molecule has 0 saturated heterocycles. The predicted octanol–water partition coefficient (Wildman–Crippen LogP) is 0.0626. The second kappa shape index (κ2) is 3.68. The summed E-state index contributed by atoms with van der Waals surface area (Å²) in [6, 6.07) is 0. The summed E-state index contributed by atoms with van der Waals surface area (Å²) in [5.41, 5.74) is 0.486. The van der Waals surface area contributed by atoms with Gasteiger partial charge in [0.15, 0.2) is 0 Å². The van der Waals surface area contributed by atoms with E-state index in [9.17, 15) is 4.79 Å². The van der Waals surface area contributed by atoms with Crippen molar-refractivity contribution in [3.63, 3.8) is 0 Å². The van der Waals surface area contributed by atoms with Crippen molar-refractivity contribution in [2.75, 3.05) is 7.11 Å². The summed E-state index contributed by atoms with van der Waals surface area (Å²) in [6.07, 6.45) is 0. The second-order valence-electron chi connectivity index (χ2n) is 1.53. The van der Waals surface area contributed by atoms with Crippen molar-refractivity contribution in [1.29, 1.82) is 0 Å². The molecule has 1 rings (SSSR count). The molecule has 1 aromatic rings. The fourth-order valence-corrected chi connectivity index (χ4v) is 0.773. The van der Waals surface area contributed by atoms with Crippen molar-refractivity contribution in [2.24, 2.45) is 0 Å². The Labute approximate surface area is 67.4 Å². The van der Waals surface area contributed by atoms with Gasteiger partial charge >= 0.3 is 5.97 Å². The molecule has 0 aliphatic rings. The molecule has 0 saturated carbocycles. The van der Waals surface area contributed by atoms with Crippen LogP contribution in [0.2, 0.25) is 0 Å². The van der Waals surface area contributed by atoms with E-state index in [0.29, 0.717) is 5.69 Å². The van der Waals surface area contributed by atoms with E-state index in [4.69, 9.17) is 0 Å². The minimum atomic E-state index is -0.571.